The van der Waals surface area contributed by atoms with Gasteiger partial charge in [-0.1, -0.05) is 30.3 Å². The number of hydrogen-bond donors (Lipinski definition) is 1. The molecule has 0 saturated heterocycles. The first kappa shape index (κ1) is 13.7. The molecule has 24 heavy (non-hydrogen) atoms. The molecular formula is C19H16FN3O. The van der Waals surface area contributed by atoms with Crippen LogP contribution >= 0.6 is 0 Å². The highest BCUT2D eigenvalue weighted by atomic mass is 19.1. The summed E-state index contributed by atoms with van der Waals surface area (Å²) in [5.41, 5.74) is 7.28. The fourth-order valence-corrected chi connectivity index (χ4v) is 4.13. The maximum atomic E-state index is 13.2. The molecule has 5 heteroatoms. The van der Waals surface area contributed by atoms with Crippen LogP contribution in [0.3, 0.4) is 0 Å². The van der Waals surface area contributed by atoms with Crippen molar-refractivity contribution in [2.75, 3.05) is 11.4 Å². The Hall–Kier alpha value is -2.69. The van der Waals surface area contributed by atoms with Crippen LogP contribution in [0, 0.1) is 5.82 Å². The molecule has 3 heterocycles. The fourth-order valence-electron chi connectivity index (χ4n) is 4.13. The van der Waals surface area contributed by atoms with Gasteiger partial charge in [0.2, 0.25) is 0 Å². The Morgan fingerprint density at radius 3 is 2.83 bits per heavy atom. The molecular weight excluding hydrogens is 305 g/mol. The Morgan fingerprint density at radius 1 is 1.17 bits per heavy atom. The van der Waals surface area contributed by atoms with Crippen molar-refractivity contribution in [1.29, 1.82) is 0 Å². The maximum Gasteiger partial charge on any atom is 0.259 e. The van der Waals surface area contributed by atoms with Crippen LogP contribution < -0.4 is 10.3 Å². The Morgan fingerprint density at radius 2 is 2.00 bits per heavy atom. The largest absolute Gasteiger partial charge is 0.309 e. The standard InChI is InChI=1S/C19H16FN3O/c20-14-8-6-12(7-9-14)16-11-19(22-21-16)15-5-1-3-13-4-2-10-23(17(13)15)18(19)24/h1,3,5-9,22H,2,4,10-11H2. The number of nitrogens with one attached hydrogen (secondary N) is 1. The zero-order valence-electron chi connectivity index (χ0n) is 13.1. The van der Waals surface area contributed by atoms with E-state index in [9.17, 15) is 9.18 Å². The van der Waals surface area contributed by atoms with Gasteiger partial charge in [0.1, 0.15) is 5.82 Å². The first-order valence-corrected chi connectivity index (χ1v) is 8.23. The van der Waals surface area contributed by atoms with Crippen LogP contribution in [0.4, 0.5) is 10.1 Å². The lowest BCUT2D eigenvalue weighted by molar-refractivity contribution is -0.123. The second kappa shape index (κ2) is 4.66. The summed E-state index contributed by atoms with van der Waals surface area (Å²) in [6, 6.07) is 12.4. The molecule has 3 aliphatic rings. The molecule has 0 saturated carbocycles. The molecule has 2 aromatic carbocycles. The number of carbonyl (C=O) groups excluding carboxylic acids is 1. The van der Waals surface area contributed by atoms with E-state index in [1.807, 2.05) is 17.0 Å². The van der Waals surface area contributed by atoms with E-state index in [1.54, 1.807) is 12.1 Å². The first-order chi connectivity index (χ1) is 11.7. The molecule has 120 valence electrons. The van der Waals surface area contributed by atoms with Crippen LogP contribution in [0.15, 0.2) is 47.6 Å². The Labute approximate surface area is 139 Å². The number of benzene rings is 2. The van der Waals surface area contributed by atoms with E-state index in [0.29, 0.717) is 6.42 Å². The van der Waals surface area contributed by atoms with Crippen molar-refractivity contribution in [2.45, 2.75) is 24.8 Å². The number of hydrogen-bond acceptors (Lipinski definition) is 3. The average molecular weight is 321 g/mol. The number of halogens is 1. The van der Waals surface area contributed by atoms with Gasteiger partial charge in [-0.05, 0) is 36.1 Å². The van der Waals surface area contributed by atoms with E-state index in [4.69, 9.17) is 0 Å². The summed E-state index contributed by atoms with van der Waals surface area (Å²) in [5.74, 6) is -0.200. The molecule has 5 rings (SSSR count). The van der Waals surface area contributed by atoms with Gasteiger partial charge in [-0.25, -0.2) is 4.39 Å². The summed E-state index contributed by atoms with van der Waals surface area (Å²) in [5, 5.41) is 4.44. The molecule has 0 aromatic heterocycles. The topological polar surface area (TPSA) is 44.7 Å². The third-order valence-corrected chi connectivity index (χ3v) is 5.28. The molecule has 0 aliphatic carbocycles. The third kappa shape index (κ3) is 1.67. The van der Waals surface area contributed by atoms with Gasteiger partial charge in [0.15, 0.2) is 5.54 Å². The molecule has 0 radical (unpaired) electrons. The minimum Gasteiger partial charge on any atom is -0.309 e. The molecule has 3 aliphatic heterocycles. The molecule has 4 nitrogen and oxygen atoms in total. The van der Waals surface area contributed by atoms with Gasteiger partial charge in [-0.3, -0.25) is 10.2 Å². The molecule has 0 bridgehead atoms. The van der Waals surface area contributed by atoms with Crippen LogP contribution in [0.25, 0.3) is 0 Å². The Kier molecular flexibility index (Phi) is 2.66. The number of amides is 1. The summed E-state index contributed by atoms with van der Waals surface area (Å²) >= 11 is 0. The second-order valence-electron chi connectivity index (χ2n) is 6.63. The quantitative estimate of drug-likeness (QED) is 0.878. The SMILES string of the molecule is O=C1N2CCCc3cccc(c32)C12CC(c1ccc(F)cc1)=NN2. The number of anilines is 1. The van der Waals surface area contributed by atoms with E-state index in [-0.39, 0.29) is 11.7 Å². The lowest BCUT2D eigenvalue weighted by atomic mass is 9.85. The molecule has 1 amide bonds. The summed E-state index contributed by atoms with van der Waals surface area (Å²) in [7, 11) is 0. The normalized spacial score (nSPS) is 24.1. The highest BCUT2D eigenvalue weighted by molar-refractivity contribution is 6.14. The molecule has 1 N–H and O–H groups in total. The van der Waals surface area contributed by atoms with Crippen LogP contribution in [0.1, 0.15) is 29.5 Å². The van der Waals surface area contributed by atoms with Crippen molar-refractivity contribution in [3.63, 3.8) is 0 Å². The molecule has 0 fully saturated rings. The molecule has 2 aromatic rings. The maximum absolute atomic E-state index is 13.2. The Balaban J connectivity index is 1.58. The summed E-state index contributed by atoms with van der Waals surface area (Å²) in [6.45, 7) is 0.762. The molecule has 1 spiro atoms. The first-order valence-electron chi connectivity index (χ1n) is 8.23. The second-order valence-corrected chi connectivity index (χ2v) is 6.63. The summed E-state index contributed by atoms with van der Waals surface area (Å²) in [6.07, 6.45) is 2.49. The number of aryl methyl sites for hydroxylation is 1. The van der Waals surface area contributed by atoms with E-state index >= 15 is 0 Å². The summed E-state index contributed by atoms with van der Waals surface area (Å²) in [4.78, 5) is 15.1. The highest BCUT2D eigenvalue weighted by Gasteiger charge is 2.55. The van der Waals surface area contributed by atoms with Gasteiger partial charge in [0.25, 0.3) is 5.91 Å². The summed E-state index contributed by atoms with van der Waals surface area (Å²) < 4.78 is 13.2. The molecule has 1 unspecified atom stereocenters. The molecule has 1 atom stereocenters. The Bertz CT molecular complexity index is 890. The third-order valence-electron chi connectivity index (χ3n) is 5.28. The average Bonchev–Trinajstić information content (AvgIpc) is 3.15. The monoisotopic (exact) mass is 321 g/mol. The van der Waals surface area contributed by atoms with Crippen LogP contribution in [-0.2, 0) is 16.8 Å². The predicted octanol–water partition coefficient (Wildman–Crippen LogP) is 2.71. The number of fused-ring (bicyclic) bond motifs is 1. The van der Waals surface area contributed by atoms with Gasteiger partial charge in [-0.2, -0.15) is 5.10 Å². The number of rotatable bonds is 1. The van der Waals surface area contributed by atoms with Crippen molar-refractivity contribution in [3.8, 4) is 0 Å². The van der Waals surface area contributed by atoms with Crippen molar-refractivity contribution in [2.24, 2.45) is 5.10 Å². The number of carbonyl (C=O) groups is 1. The lowest BCUT2D eigenvalue weighted by Gasteiger charge is -2.26. The van der Waals surface area contributed by atoms with Gasteiger partial charge < -0.3 is 4.90 Å². The van der Waals surface area contributed by atoms with Crippen LogP contribution in [-0.4, -0.2) is 18.2 Å². The number of para-hydroxylation sites is 1. The van der Waals surface area contributed by atoms with Crippen LogP contribution in [0.2, 0.25) is 0 Å². The fraction of sp³-hybridized carbons (Fsp3) is 0.263. The van der Waals surface area contributed by atoms with Crippen molar-refractivity contribution < 1.29 is 9.18 Å². The van der Waals surface area contributed by atoms with E-state index in [2.05, 4.69) is 16.6 Å². The van der Waals surface area contributed by atoms with E-state index in [0.717, 1.165) is 41.9 Å². The van der Waals surface area contributed by atoms with Gasteiger partial charge in [-0.15, -0.1) is 0 Å². The highest BCUT2D eigenvalue weighted by Crippen LogP contribution is 2.48. The van der Waals surface area contributed by atoms with Crippen LogP contribution in [0.5, 0.6) is 0 Å². The number of hydrazone groups is 1. The lowest BCUT2D eigenvalue weighted by Crippen LogP contribution is -2.47. The van der Waals surface area contributed by atoms with Crippen molar-refractivity contribution in [3.05, 3.63) is 65.0 Å². The smallest absolute Gasteiger partial charge is 0.259 e. The minimum atomic E-state index is -0.806. The minimum absolute atomic E-state index is 0.0745. The van der Waals surface area contributed by atoms with Gasteiger partial charge in [0, 0.05) is 18.5 Å². The zero-order valence-corrected chi connectivity index (χ0v) is 13.1. The zero-order chi connectivity index (χ0) is 16.3. The van der Waals surface area contributed by atoms with Gasteiger partial charge >= 0.3 is 0 Å². The van der Waals surface area contributed by atoms with Crippen molar-refractivity contribution in [1.82, 2.24) is 5.43 Å². The van der Waals surface area contributed by atoms with Gasteiger partial charge in [0.05, 0.1) is 11.4 Å². The van der Waals surface area contributed by atoms with E-state index in [1.165, 1.54) is 17.7 Å². The predicted molar refractivity (Wildman–Crippen MR) is 89.5 cm³/mol. The van der Waals surface area contributed by atoms with Crippen molar-refractivity contribution >= 4 is 17.3 Å². The van der Waals surface area contributed by atoms with E-state index < -0.39 is 5.54 Å². The number of nitrogens with zero attached hydrogens (tertiary/aromatic N) is 2.